The molecule has 0 saturated heterocycles. The standard InChI is InChI=1S/C23H22FN3O4/c1-3-5-17-10-16(11-18(13-25)22(28)27-23(26)29)12-20(30-4-2)21(17)31-14-15-6-8-19(24)9-7-15/h3,6-12H,1,4-5,14H2,2H3,(H3,26,27,28,29)/b18-11-. The molecular formula is C23H22FN3O4. The zero-order chi connectivity index (χ0) is 22.8. The minimum atomic E-state index is -1.06. The summed E-state index contributed by atoms with van der Waals surface area (Å²) in [6, 6.07) is 9.96. The molecule has 7 nitrogen and oxygen atoms in total. The fourth-order valence-electron chi connectivity index (χ4n) is 2.73. The van der Waals surface area contributed by atoms with Gasteiger partial charge in [-0.1, -0.05) is 18.2 Å². The number of allylic oxidation sites excluding steroid dienone is 1. The summed E-state index contributed by atoms with van der Waals surface area (Å²) in [5.74, 6) is -0.364. The maximum atomic E-state index is 13.1. The third-order valence-electron chi connectivity index (χ3n) is 4.03. The number of benzene rings is 2. The molecule has 0 aromatic heterocycles. The molecule has 2 rings (SSSR count). The summed E-state index contributed by atoms with van der Waals surface area (Å²) in [4.78, 5) is 22.9. The number of nitriles is 1. The molecule has 0 heterocycles. The average Bonchev–Trinajstić information content (AvgIpc) is 2.72. The van der Waals surface area contributed by atoms with Crippen molar-refractivity contribution in [2.45, 2.75) is 20.0 Å². The first-order chi connectivity index (χ1) is 14.9. The van der Waals surface area contributed by atoms with Gasteiger partial charge < -0.3 is 15.2 Å². The van der Waals surface area contributed by atoms with Crippen molar-refractivity contribution >= 4 is 18.0 Å². The number of nitrogens with one attached hydrogen (secondary N) is 1. The van der Waals surface area contributed by atoms with E-state index in [1.807, 2.05) is 5.32 Å². The van der Waals surface area contributed by atoms with Gasteiger partial charge in [-0.15, -0.1) is 6.58 Å². The fourth-order valence-corrected chi connectivity index (χ4v) is 2.73. The number of carbonyl (C=O) groups is 2. The van der Waals surface area contributed by atoms with Crippen LogP contribution in [0.2, 0.25) is 0 Å². The van der Waals surface area contributed by atoms with E-state index in [1.165, 1.54) is 18.2 Å². The number of rotatable bonds is 9. The number of halogens is 1. The predicted molar refractivity (Wildman–Crippen MR) is 114 cm³/mol. The number of hydrogen-bond donors (Lipinski definition) is 2. The Morgan fingerprint density at radius 2 is 1.97 bits per heavy atom. The van der Waals surface area contributed by atoms with Crippen LogP contribution in [-0.4, -0.2) is 18.5 Å². The predicted octanol–water partition coefficient (Wildman–Crippen LogP) is 3.63. The molecule has 0 bridgehead atoms. The summed E-state index contributed by atoms with van der Waals surface area (Å²) in [5.41, 5.74) is 6.61. The van der Waals surface area contributed by atoms with E-state index in [-0.39, 0.29) is 18.0 Å². The molecule has 2 aromatic rings. The zero-order valence-corrected chi connectivity index (χ0v) is 17.0. The van der Waals surface area contributed by atoms with Crippen molar-refractivity contribution in [3.63, 3.8) is 0 Å². The normalized spacial score (nSPS) is 10.7. The van der Waals surface area contributed by atoms with E-state index in [4.69, 9.17) is 15.2 Å². The monoisotopic (exact) mass is 423 g/mol. The van der Waals surface area contributed by atoms with E-state index in [2.05, 4.69) is 6.58 Å². The number of urea groups is 1. The number of hydrogen-bond acceptors (Lipinski definition) is 5. The SMILES string of the molecule is C=CCc1cc(/C=C(/C#N)C(=O)NC(N)=O)cc(OCC)c1OCc1ccc(F)cc1. The molecule has 2 aromatic carbocycles. The highest BCUT2D eigenvalue weighted by atomic mass is 19.1. The molecule has 0 aliphatic rings. The van der Waals surface area contributed by atoms with Crippen molar-refractivity contribution in [1.82, 2.24) is 5.32 Å². The lowest BCUT2D eigenvalue weighted by Crippen LogP contribution is -2.35. The second-order valence-corrected chi connectivity index (χ2v) is 6.34. The first kappa shape index (κ1) is 23.2. The van der Waals surface area contributed by atoms with Gasteiger partial charge in [0.25, 0.3) is 5.91 Å². The van der Waals surface area contributed by atoms with Crippen LogP contribution in [0.4, 0.5) is 9.18 Å². The van der Waals surface area contributed by atoms with Gasteiger partial charge in [0.2, 0.25) is 0 Å². The Bertz CT molecular complexity index is 1040. The van der Waals surface area contributed by atoms with Crippen molar-refractivity contribution in [2.75, 3.05) is 6.61 Å². The molecule has 3 amide bonds. The van der Waals surface area contributed by atoms with E-state index in [9.17, 15) is 19.2 Å². The highest BCUT2D eigenvalue weighted by molar-refractivity contribution is 6.08. The van der Waals surface area contributed by atoms with Gasteiger partial charge in [0, 0.05) is 5.56 Å². The Balaban J connectivity index is 2.43. The molecule has 31 heavy (non-hydrogen) atoms. The number of primary amides is 1. The lowest BCUT2D eigenvalue weighted by atomic mass is 10.0. The molecule has 0 aliphatic heterocycles. The maximum Gasteiger partial charge on any atom is 0.319 e. The molecule has 3 N–H and O–H groups in total. The van der Waals surface area contributed by atoms with Crippen molar-refractivity contribution in [2.24, 2.45) is 5.73 Å². The first-order valence-electron chi connectivity index (χ1n) is 9.38. The summed E-state index contributed by atoms with van der Waals surface area (Å²) < 4.78 is 24.8. The summed E-state index contributed by atoms with van der Waals surface area (Å²) in [7, 11) is 0. The smallest absolute Gasteiger partial charge is 0.319 e. The van der Waals surface area contributed by atoms with Crippen molar-refractivity contribution in [3.8, 4) is 17.6 Å². The third kappa shape index (κ3) is 6.72. The molecule has 0 spiro atoms. The third-order valence-corrected chi connectivity index (χ3v) is 4.03. The summed E-state index contributed by atoms with van der Waals surface area (Å²) >= 11 is 0. The van der Waals surface area contributed by atoms with Crippen molar-refractivity contribution < 1.29 is 23.5 Å². The Kier molecular flexibility index (Phi) is 8.34. The van der Waals surface area contributed by atoms with Crippen LogP contribution in [0.1, 0.15) is 23.6 Å². The van der Waals surface area contributed by atoms with E-state index < -0.39 is 11.9 Å². The summed E-state index contributed by atoms with van der Waals surface area (Å²) in [5, 5.41) is 11.1. The van der Waals surface area contributed by atoms with Gasteiger partial charge in [0.1, 0.15) is 24.1 Å². The van der Waals surface area contributed by atoms with Crippen LogP contribution in [0.3, 0.4) is 0 Å². The van der Waals surface area contributed by atoms with Gasteiger partial charge in [-0.3, -0.25) is 10.1 Å². The second-order valence-electron chi connectivity index (χ2n) is 6.34. The second kappa shape index (κ2) is 11.2. The van der Waals surface area contributed by atoms with Gasteiger partial charge in [-0.05, 0) is 54.8 Å². The maximum absolute atomic E-state index is 13.1. The minimum absolute atomic E-state index is 0.185. The van der Waals surface area contributed by atoms with Gasteiger partial charge >= 0.3 is 6.03 Å². The Morgan fingerprint density at radius 1 is 1.26 bits per heavy atom. The summed E-state index contributed by atoms with van der Waals surface area (Å²) in [6.07, 6.45) is 3.42. The van der Waals surface area contributed by atoms with Crippen LogP contribution in [0.15, 0.2) is 54.6 Å². The van der Waals surface area contributed by atoms with Crippen LogP contribution in [-0.2, 0) is 17.8 Å². The molecule has 0 aliphatic carbocycles. The largest absolute Gasteiger partial charge is 0.490 e. The molecular weight excluding hydrogens is 401 g/mol. The van der Waals surface area contributed by atoms with Gasteiger partial charge in [0.15, 0.2) is 11.5 Å². The van der Waals surface area contributed by atoms with Gasteiger partial charge in [-0.25, -0.2) is 9.18 Å². The Morgan fingerprint density at radius 3 is 2.55 bits per heavy atom. The molecule has 0 unspecified atom stereocenters. The van der Waals surface area contributed by atoms with Crippen molar-refractivity contribution in [1.29, 1.82) is 5.26 Å². The number of ether oxygens (including phenoxy) is 2. The molecule has 0 radical (unpaired) electrons. The quantitative estimate of drug-likeness (QED) is 0.363. The number of carbonyl (C=O) groups excluding carboxylic acids is 2. The van der Waals surface area contributed by atoms with Gasteiger partial charge in [-0.2, -0.15) is 5.26 Å². The topological polar surface area (TPSA) is 114 Å². The lowest BCUT2D eigenvalue weighted by molar-refractivity contribution is -0.115. The Labute approximate surface area is 179 Å². The molecule has 0 atom stereocenters. The molecule has 0 fully saturated rings. The van der Waals surface area contributed by atoms with E-state index >= 15 is 0 Å². The molecule has 8 heteroatoms. The lowest BCUT2D eigenvalue weighted by Gasteiger charge is -2.17. The van der Waals surface area contributed by atoms with Crippen LogP contribution in [0, 0.1) is 17.1 Å². The van der Waals surface area contributed by atoms with Crippen LogP contribution in [0.5, 0.6) is 11.5 Å². The van der Waals surface area contributed by atoms with E-state index in [1.54, 1.807) is 43.3 Å². The molecule has 0 saturated carbocycles. The molecule has 160 valence electrons. The zero-order valence-electron chi connectivity index (χ0n) is 17.0. The number of nitrogens with two attached hydrogens (primary N) is 1. The Hall–Kier alpha value is -4.12. The highest BCUT2D eigenvalue weighted by Gasteiger charge is 2.16. The van der Waals surface area contributed by atoms with Crippen molar-refractivity contribution in [3.05, 3.63) is 77.1 Å². The fraction of sp³-hybridized carbons (Fsp3) is 0.174. The first-order valence-corrected chi connectivity index (χ1v) is 9.38. The van der Waals surface area contributed by atoms with E-state index in [0.29, 0.717) is 35.7 Å². The summed E-state index contributed by atoms with van der Waals surface area (Å²) in [6.45, 7) is 6.09. The average molecular weight is 423 g/mol. The van der Waals surface area contributed by atoms with Crippen LogP contribution >= 0.6 is 0 Å². The van der Waals surface area contributed by atoms with Crippen LogP contribution in [0.25, 0.3) is 6.08 Å². The minimum Gasteiger partial charge on any atom is -0.490 e. The number of amides is 3. The van der Waals surface area contributed by atoms with E-state index in [0.717, 1.165) is 5.56 Å². The highest BCUT2D eigenvalue weighted by Crippen LogP contribution is 2.35. The van der Waals surface area contributed by atoms with Crippen LogP contribution < -0.4 is 20.5 Å². The number of imide groups is 1. The van der Waals surface area contributed by atoms with Gasteiger partial charge in [0.05, 0.1) is 6.61 Å². The number of nitrogens with zero attached hydrogens (tertiary/aromatic N) is 1.